The molecule has 2 amide bonds. The molecule has 1 aliphatic rings. The monoisotopic (exact) mass is 374 g/mol. The molecule has 25 heavy (non-hydrogen) atoms. The molecule has 2 rings (SSSR count). The van der Waals surface area contributed by atoms with E-state index in [4.69, 9.17) is 16.3 Å². The van der Waals surface area contributed by atoms with Gasteiger partial charge in [-0.1, -0.05) is 17.7 Å². The van der Waals surface area contributed by atoms with Crippen LogP contribution in [-0.4, -0.2) is 41.5 Å². The molecule has 1 heterocycles. The van der Waals surface area contributed by atoms with E-state index in [9.17, 15) is 18.4 Å². The second-order valence-corrected chi connectivity index (χ2v) is 7.55. The molecule has 1 unspecified atom stereocenters. The maximum atomic E-state index is 14.0. The lowest BCUT2D eigenvalue weighted by atomic mass is 9.94. The predicted molar refractivity (Wildman–Crippen MR) is 90.9 cm³/mol. The molecule has 1 aromatic rings. The molecule has 5 nitrogen and oxygen atoms in total. The predicted octanol–water partition coefficient (Wildman–Crippen LogP) is 4.17. The van der Waals surface area contributed by atoms with E-state index in [0.717, 1.165) is 4.90 Å². The number of piperidine rings is 1. The van der Waals surface area contributed by atoms with Crippen molar-refractivity contribution in [3.05, 3.63) is 29.3 Å². The molecule has 1 atom stereocenters. The molecule has 0 saturated carbocycles. The first-order valence-electron chi connectivity index (χ1n) is 7.87. The number of alkyl halides is 2. The maximum Gasteiger partial charge on any atom is 0.410 e. The number of carbonyl (C=O) groups is 2. The Morgan fingerprint density at radius 1 is 1.36 bits per heavy atom. The van der Waals surface area contributed by atoms with Crippen LogP contribution < -0.4 is 5.32 Å². The average molecular weight is 375 g/mol. The summed E-state index contributed by atoms with van der Waals surface area (Å²) in [5, 5.41) is 2.98. The number of ether oxygens (including phenoxy) is 1. The van der Waals surface area contributed by atoms with Crippen LogP contribution in [0.1, 0.15) is 27.2 Å². The Kier molecular flexibility index (Phi) is 5.56. The van der Waals surface area contributed by atoms with Crippen molar-refractivity contribution in [2.24, 2.45) is 5.92 Å². The van der Waals surface area contributed by atoms with E-state index in [0.29, 0.717) is 10.7 Å². The number of hydrogen-bond donors (Lipinski definition) is 1. The van der Waals surface area contributed by atoms with Gasteiger partial charge < -0.3 is 15.0 Å². The zero-order valence-electron chi connectivity index (χ0n) is 14.3. The zero-order chi connectivity index (χ0) is 18.8. The Hall–Kier alpha value is -1.89. The zero-order valence-corrected chi connectivity index (χ0v) is 15.1. The Balaban J connectivity index is 2.09. The summed E-state index contributed by atoms with van der Waals surface area (Å²) in [6.45, 7) is 4.06. The quantitative estimate of drug-likeness (QED) is 0.845. The van der Waals surface area contributed by atoms with Gasteiger partial charge in [-0.05, 0) is 39.0 Å². The van der Waals surface area contributed by atoms with Crippen molar-refractivity contribution in [1.29, 1.82) is 0 Å². The van der Waals surface area contributed by atoms with E-state index >= 15 is 0 Å². The van der Waals surface area contributed by atoms with E-state index in [2.05, 4.69) is 5.32 Å². The first-order valence-corrected chi connectivity index (χ1v) is 8.25. The molecule has 1 aliphatic heterocycles. The smallest absolute Gasteiger partial charge is 0.410 e. The lowest BCUT2D eigenvalue weighted by Crippen LogP contribution is -2.53. The van der Waals surface area contributed by atoms with Gasteiger partial charge in [-0.15, -0.1) is 0 Å². The Morgan fingerprint density at radius 2 is 2.04 bits per heavy atom. The Bertz CT molecular complexity index is 662. The van der Waals surface area contributed by atoms with Crippen molar-refractivity contribution in [1.82, 2.24) is 4.90 Å². The number of nitrogens with one attached hydrogen (secondary N) is 1. The molecule has 1 N–H and O–H groups in total. The molecule has 0 spiro atoms. The lowest BCUT2D eigenvalue weighted by molar-refractivity contribution is -0.131. The minimum absolute atomic E-state index is 0.128. The molecule has 0 bridgehead atoms. The second kappa shape index (κ2) is 7.15. The van der Waals surface area contributed by atoms with Gasteiger partial charge in [0.05, 0.1) is 12.5 Å². The lowest BCUT2D eigenvalue weighted by Gasteiger charge is -2.37. The summed E-state index contributed by atoms with van der Waals surface area (Å²) in [5.74, 6) is -4.80. The minimum Gasteiger partial charge on any atom is -0.444 e. The van der Waals surface area contributed by atoms with Crippen molar-refractivity contribution in [3.63, 3.8) is 0 Å². The second-order valence-electron chi connectivity index (χ2n) is 7.12. The fourth-order valence-electron chi connectivity index (χ4n) is 2.55. The van der Waals surface area contributed by atoms with E-state index in [1.807, 2.05) is 0 Å². The third-order valence-corrected chi connectivity index (χ3v) is 3.76. The molecule has 1 fully saturated rings. The van der Waals surface area contributed by atoms with Gasteiger partial charge in [0.15, 0.2) is 0 Å². The average Bonchev–Trinajstić information content (AvgIpc) is 2.43. The first-order chi connectivity index (χ1) is 11.5. The van der Waals surface area contributed by atoms with Crippen LogP contribution in [0.5, 0.6) is 0 Å². The highest BCUT2D eigenvalue weighted by Crippen LogP contribution is 2.32. The van der Waals surface area contributed by atoms with Gasteiger partial charge in [-0.2, -0.15) is 0 Å². The third kappa shape index (κ3) is 5.85. The van der Waals surface area contributed by atoms with Crippen LogP contribution in [-0.2, 0) is 9.53 Å². The van der Waals surface area contributed by atoms with E-state index in [-0.39, 0.29) is 6.54 Å². The van der Waals surface area contributed by atoms with Gasteiger partial charge in [0.1, 0.15) is 5.60 Å². The summed E-state index contributed by atoms with van der Waals surface area (Å²) in [7, 11) is 0. The SMILES string of the molecule is CC(C)(C)OC(=O)N1CC(C(=O)Nc2cccc(Cl)c2)CC(F)(F)C1. The van der Waals surface area contributed by atoms with Crippen LogP contribution in [0.3, 0.4) is 0 Å². The van der Waals surface area contributed by atoms with Crippen molar-refractivity contribution in [2.45, 2.75) is 38.7 Å². The number of hydrogen-bond acceptors (Lipinski definition) is 3. The molecule has 0 aliphatic carbocycles. The van der Waals surface area contributed by atoms with E-state index in [1.165, 1.54) is 6.07 Å². The highest BCUT2D eigenvalue weighted by atomic mass is 35.5. The van der Waals surface area contributed by atoms with Crippen molar-refractivity contribution < 1.29 is 23.1 Å². The third-order valence-electron chi connectivity index (χ3n) is 3.52. The summed E-state index contributed by atoms with van der Waals surface area (Å²) in [4.78, 5) is 25.3. The van der Waals surface area contributed by atoms with Crippen molar-refractivity contribution >= 4 is 29.3 Å². The van der Waals surface area contributed by atoms with Gasteiger partial charge in [-0.3, -0.25) is 4.79 Å². The molecule has 1 saturated heterocycles. The van der Waals surface area contributed by atoms with Gasteiger partial charge >= 0.3 is 6.09 Å². The van der Waals surface area contributed by atoms with Crippen LogP contribution >= 0.6 is 11.6 Å². The first kappa shape index (κ1) is 19.4. The number of carbonyl (C=O) groups excluding carboxylic acids is 2. The molecule has 1 aromatic carbocycles. The van der Waals surface area contributed by atoms with Crippen LogP contribution in [0.4, 0.5) is 19.3 Å². The van der Waals surface area contributed by atoms with Crippen molar-refractivity contribution in [3.8, 4) is 0 Å². The summed E-state index contributed by atoms with van der Waals surface area (Å²) in [6.07, 6.45) is -1.48. The minimum atomic E-state index is -3.16. The van der Waals surface area contributed by atoms with E-state index in [1.54, 1.807) is 39.0 Å². The van der Waals surface area contributed by atoms with Gasteiger partial charge in [0.25, 0.3) is 5.92 Å². The number of benzene rings is 1. The normalized spacial score (nSPS) is 20.1. The Labute approximate surface area is 150 Å². The summed E-state index contributed by atoms with van der Waals surface area (Å²) < 4.78 is 33.2. The topological polar surface area (TPSA) is 58.6 Å². The van der Waals surface area contributed by atoms with E-state index < -0.39 is 42.4 Å². The number of anilines is 1. The van der Waals surface area contributed by atoms with Crippen molar-refractivity contribution in [2.75, 3.05) is 18.4 Å². The van der Waals surface area contributed by atoms with Gasteiger partial charge in [0.2, 0.25) is 5.91 Å². The summed E-state index contributed by atoms with van der Waals surface area (Å²) in [5.41, 5.74) is -0.391. The van der Waals surface area contributed by atoms with Crippen LogP contribution in [0.2, 0.25) is 5.02 Å². The fourth-order valence-corrected chi connectivity index (χ4v) is 2.74. The molecular formula is C17H21ClF2N2O3. The molecule has 0 radical (unpaired) electrons. The highest BCUT2D eigenvalue weighted by molar-refractivity contribution is 6.30. The maximum absolute atomic E-state index is 14.0. The molecule has 138 valence electrons. The summed E-state index contributed by atoms with van der Waals surface area (Å²) >= 11 is 5.84. The number of rotatable bonds is 2. The molecule has 0 aromatic heterocycles. The fraction of sp³-hybridized carbons (Fsp3) is 0.529. The number of halogens is 3. The van der Waals surface area contributed by atoms with Gasteiger partial charge in [-0.25, -0.2) is 13.6 Å². The number of amides is 2. The largest absolute Gasteiger partial charge is 0.444 e. The summed E-state index contributed by atoms with van der Waals surface area (Å²) in [6, 6.07) is 6.40. The molecule has 8 heteroatoms. The van der Waals surface area contributed by atoms with Gasteiger partial charge in [0, 0.05) is 23.7 Å². The standard InChI is InChI=1S/C17H21ClF2N2O3/c1-16(2,3)25-15(24)22-9-11(8-17(19,20)10-22)14(23)21-13-6-4-5-12(18)7-13/h4-7,11H,8-10H2,1-3H3,(H,21,23). The number of likely N-dealkylation sites (tertiary alicyclic amines) is 1. The molecular weight excluding hydrogens is 354 g/mol. The van der Waals surface area contributed by atoms with Crippen LogP contribution in [0.15, 0.2) is 24.3 Å². The van der Waals surface area contributed by atoms with Crippen LogP contribution in [0, 0.1) is 5.92 Å². The Morgan fingerprint density at radius 3 is 2.64 bits per heavy atom. The van der Waals surface area contributed by atoms with Crippen LogP contribution in [0.25, 0.3) is 0 Å². The highest BCUT2D eigenvalue weighted by Gasteiger charge is 2.45. The number of nitrogens with zero attached hydrogens (tertiary/aromatic N) is 1.